The van der Waals surface area contributed by atoms with E-state index < -0.39 is 0 Å². The van der Waals surface area contributed by atoms with E-state index in [2.05, 4.69) is 5.32 Å². The molecule has 0 unspecified atom stereocenters. The second kappa shape index (κ2) is 6.05. The zero-order valence-electron chi connectivity index (χ0n) is 11.1. The number of hydrogen-bond donors (Lipinski definition) is 1. The Morgan fingerprint density at radius 1 is 1.26 bits per heavy atom. The molecule has 98 valence electrons. The molecule has 0 saturated heterocycles. The fourth-order valence-corrected chi connectivity index (χ4v) is 1.76. The van der Waals surface area contributed by atoms with Crippen LogP contribution < -0.4 is 5.32 Å². The third kappa shape index (κ3) is 3.58. The molecular formula is C16H17NO2. The van der Waals surface area contributed by atoms with Gasteiger partial charge in [0.2, 0.25) is 0 Å². The summed E-state index contributed by atoms with van der Waals surface area (Å²) >= 11 is 0. The average Bonchev–Trinajstić information content (AvgIpc) is 2.67. The Balaban J connectivity index is 2.13. The van der Waals surface area contributed by atoms with Gasteiger partial charge in [0.25, 0.3) is 5.91 Å². The SMILES string of the molecule is COC1=CCC=CC(C(=O)Nc2ccc(C)cc2)=C1. The maximum absolute atomic E-state index is 12.2. The van der Waals surface area contributed by atoms with Crippen LogP contribution in [0.1, 0.15) is 12.0 Å². The number of ether oxygens (including phenoxy) is 1. The molecule has 0 spiro atoms. The lowest BCUT2D eigenvalue weighted by Crippen LogP contribution is -2.13. The molecule has 0 heterocycles. The number of hydrogen-bond acceptors (Lipinski definition) is 2. The number of amides is 1. The summed E-state index contributed by atoms with van der Waals surface area (Å²) in [5.74, 6) is 0.573. The Morgan fingerprint density at radius 3 is 2.68 bits per heavy atom. The summed E-state index contributed by atoms with van der Waals surface area (Å²) in [4.78, 5) is 12.2. The molecule has 1 aliphatic rings. The highest BCUT2D eigenvalue weighted by molar-refractivity contribution is 6.06. The van der Waals surface area contributed by atoms with Gasteiger partial charge in [-0.05, 0) is 37.6 Å². The standard InChI is InChI=1S/C16H17NO2/c1-12-7-9-14(10-8-12)17-16(18)13-5-3-4-6-15(11-13)19-2/h3,5-11H,4H2,1-2H3,(H,17,18). The molecule has 0 radical (unpaired) electrons. The molecule has 3 heteroatoms. The molecule has 2 rings (SSSR count). The van der Waals surface area contributed by atoms with Gasteiger partial charge in [0, 0.05) is 11.3 Å². The van der Waals surface area contributed by atoms with Crippen molar-refractivity contribution in [2.75, 3.05) is 12.4 Å². The van der Waals surface area contributed by atoms with Crippen LogP contribution in [0.25, 0.3) is 0 Å². The molecule has 0 aromatic heterocycles. The Kier molecular flexibility index (Phi) is 4.18. The summed E-state index contributed by atoms with van der Waals surface area (Å²) in [6, 6.07) is 7.71. The Labute approximate surface area is 113 Å². The first-order valence-corrected chi connectivity index (χ1v) is 6.19. The Bertz CT molecular complexity index is 551. The van der Waals surface area contributed by atoms with Gasteiger partial charge in [-0.2, -0.15) is 0 Å². The minimum absolute atomic E-state index is 0.134. The minimum Gasteiger partial charge on any atom is -0.497 e. The molecule has 1 aromatic rings. The second-order valence-corrected chi connectivity index (χ2v) is 4.37. The lowest BCUT2D eigenvalue weighted by atomic mass is 10.2. The van der Waals surface area contributed by atoms with E-state index in [9.17, 15) is 4.79 Å². The summed E-state index contributed by atoms with van der Waals surface area (Å²) in [7, 11) is 1.60. The number of carbonyl (C=O) groups is 1. The van der Waals surface area contributed by atoms with Crippen LogP contribution in [0.15, 0.2) is 59.9 Å². The third-order valence-corrected chi connectivity index (χ3v) is 2.86. The van der Waals surface area contributed by atoms with E-state index in [4.69, 9.17) is 4.74 Å². The Hall–Kier alpha value is -2.29. The van der Waals surface area contributed by atoms with Crippen LogP contribution in [-0.2, 0) is 9.53 Å². The van der Waals surface area contributed by atoms with Crippen molar-refractivity contribution in [1.29, 1.82) is 0 Å². The molecule has 1 aromatic carbocycles. The Morgan fingerprint density at radius 2 is 2.00 bits per heavy atom. The minimum atomic E-state index is -0.134. The number of rotatable bonds is 3. The van der Waals surface area contributed by atoms with Crippen LogP contribution >= 0.6 is 0 Å². The predicted molar refractivity (Wildman–Crippen MR) is 76.7 cm³/mol. The van der Waals surface area contributed by atoms with E-state index >= 15 is 0 Å². The molecular weight excluding hydrogens is 238 g/mol. The van der Waals surface area contributed by atoms with Crippen LogP contribution in [0, 0.1) is 6.92 Å². The molecule has 1 aliphatic carbocycles. The maximum Gasteiger partial charge on any atom is 0.255 e. The van der Waals surface area contributed by atoms with Crippen molar-refractivity contribution < 1.29 is 9.53 Å². The van der Waals surface area contributed by atoms with E-state index in [1.54, 1.807) is 13.2 Å². The summed E-state index contributed by atoms with van der Waals surface area (Å²) in [5, 5.41) is 2.87. The summed E-state index contributed by atoms with van der Waals surface area (Å²) in [5.41, 5.74) is 2.54. The normalized spacial score (nSPS) is 14.2. The van der Waals surface area contributed by atoms with Gasteiger partial charge >= 0.3 is 0 Å². The highest BCUT2D eigenvalue weighted by Crippen LogP contribution is 2.15. The molecule has 0 fully saturated rings. The van der Waals surface area contributed by atoms with Gasteiger partial charge < -0.3 is 10.1 Å². The number of allylic oxidation sites excluding steroid dienone is 3. The highest BCUT2D eigenvalue weighted by atomic mass is 16.5. The van der Waals surface area contributed by atoms with E-state index in [0.29, 0.717) is 11.3 Å². The fraction of sp³-hybridized carbons (Fsp3) is 0.188. The second-order valence-electron chi connectivity index (χ2n) is 4.37. The topological polar surface area (TPSA) is 38.3 Å². The first-order valence-electron chi connectivity index (χ1n) is 6.19. The van der Waals surface area contributed by atoms with Crippen LogP contribution in [0.2, 0.25) is 0 Å². The third-order valence-electron chi connectivity index (χ3n) is 2.86. The van der Waals surface area contributed by atoms with Gasteiger partial charge in [-0.15, -0.1) is 0 Å². The van der Waals surface area contributed by atoms with Crippen molar-refractivity contribution in [3.63, 3.8) is 0 Å². The van der Waals surface area contributed by atoms with Crippen LogP contribution in [-0.4, -0.2) is 13.0 Å². The molecule has 1 N–H and O–H groups in total. The van der Waals surface area contributed by atoms with Gasteiger partial charge in [-0.25, -0.2) is 0 Å². The smallest absolute Gasteiger partial charge is 0.255 e. The largest absolute Gasteiger partial charge is 0.497 e. The number of aryl methyl sites for hydroxylation is 1. The summed E-state index contributed by atoms with van der Waals surface area (Å²) < 4.78 is 5.18. The summed E-state index contributed by atoms with van der Waals surface area (Å²) in [6.45, 7) is 2.01. The predicted octanol–water partition coefficient (Wildman–Crippen LogP) is 3.35. The van der Waals surface area contributed by atoms with E-state index in [0.717, 1.165) is 17.7 Å². The van der Waals surface area contributed by atoms with Gasteiger partial charge in [0.1, 0.15) is 5.76 Å². The van der Waals surface area contributed by atoms with Crippen molar-refractivity contribution >= 4 is 11.6 Å². The van der Waals surface area contributed by atoms with E-state index in [1.807, 2.05) is 49.4 Å². The lowest BCUT2D eigenvalue weighted by molar-refractivity contribution is -0.112. The highest BCUT2D eigenvalue weighted by Gasteiger charge is 2.09. The van der Waals surface area contributed by atoms with E-state index in [-0.39, 0.29) is 5.91 Å². The first-order chi connectivity index (χ1) is 9.19. The van der Waals surface area contributed by atoms with Crippen molar-refractivity contribution in [3.8, 4) is 0 Å². The zero-order valence-corrected chi connectivity index (χ0v) is 11.1. The quantitative estimate of drug-likeness (QED) is 0.899. The number of methoxy groups -OCH3 is 1. The molecule has 0 atom stereocenters. The molecule has 19 heavy (non-hydrogen) atoms. The molecule has 0 bridgehead atoms. The van der Waals surface area contributed by atoms with Crippen molar-refractivity contribution in [3.05, 3.63) is 65.5 Å². The molecule has 1 amide bonds. The van der Waals surface area contributed by atoms with Crippen molar-refractivity contribution in [2.24, 2.45) is 0 Å². The van der Waals surface area contributed by atoms with Crippen LogP contribution in [0.5, 0.6) is 0 Å². The van der Waals surface area contributed by atoms with Crippen molar-refractivity contribution in [2.45, 2.75) is 13.3 Å². The number of anilines is 1. The average molecular weight is 255 g/mol. The summed E-state index contributed by atoms with van der Waals surface area (Å²) in [6.07, 6.45) is 8.19. The fourth-order valence-electron chi connectivity index (χ4n) is 1.76. The molecule has 3 nitrogen and oxygen atoms in total. The van der Waals surface area contributed by atoms with Crippen LogP contribution in [0.4, 0.5) is 5.69 Å². The van der Waals surface area contributed by atoms with E-state index in [1.165, 1.54) is 0 Å². The van der Waals surface area contributed by atoms with Crippen molar-refractivity contribution in [1.82, 2.24) is 0 Å². The first kappa shape index (κ1) is 13.1. The van der Waals surface area contributed by atoms with Gasteiger partial charge in [0.05, 0.1) is 7.11 Å². The monoisotopic (exact) mass is 255 g/mol. The number of nitrogens with one attached hydrogen (secondary N) is 1. The molecule has 0 saturated carbocycles. The van der Waals surface area contributed by atoms with Gasteiger partial charge in [-0.1, -0.05) is 29.8 Å². The maximum atomic E-state index is 12.2. The van der Waals surface area contributed by atoms with Crippen LogP contribution in [0.3, 0.4) is 0 Å². The van der Waals surface area contributed by atoms with Gasteiger partial charge in [-0.3, -0.25) is 4.79 Å². The molecule has 0 aliphatic heterocycles. The lowest BCUT2D eigenvalue weighted by Gasteiger charge is -2.06. The number of benzene rings is 1. The zero-order chi connectivity index (χ0) is 13.7. The van der Waals surface area contributed by atoms with Gasteiger partial charge in [0.15, 0.2) is 0 Å². The number of carbonyl (C=O) groups excluding carboxylic acids is 1.